The summed E-state index contributed by atoms with van der Waals surface area (Å²) < 4.78 is 0. The molecule has 4 aliphatic rings. The zero-order chi connectivity index (χ0) is 22.6. The average molecular weight is 452 g/mol. The Morgan fingerprint density at radius 3 is 2.70 bits per heavy atom. The molecule has 1 aliphatic heterocycles. The fourth-order valence-corrected chi connectivity index (χ4v) is 6.31. The Bertz CT molecular complexity index is 1350. The third kappa shape index (κ3) is 3.20. The van der Waals surface area contributed by atoms with Gasteiger partial charge in [0.15, 0.2) is 0 Å². The van der Waals surface area contributed by atoms with Crippen molar-refractivity contribution in [2.24, 2.45) is 5.41 Å². The van der Waals surface area contributed by atoms with Crippen LogP contribution in [0.4, 0.5) is 0 Å². The highest BCUT2D eigenvalue weighted by atomic mass is 35.5. The molecule has 0 spiro atoms. The molecule has 33 heavy (non-hydrogen) atoms. The van der Waals surface area contributed by atoms with Crippen molar-refractivity contribution in [3.63, 3.8) is 0 Å². The summed E-state index contributed by atoms with van der Waals surface area (Å²) in [4.78, 5) is 13.5. The molecule has 6 rings (SSSR count). The summed E-state index contributed by atoms with van der Waals surface area (Å²) in [6, 6.07) is 13.4. The molecule has 0 fully saturated rings. The van der Waals surface area contributed by atoms with Gasteiger partial charge in [-0.15, -0.1) is 0 Å². The van der Waals surface area contributed by atoms with Crippen LogP contribution < -0.4 is 5.32 Å². The standard InChI is InChI=1S/C30H26ClNO/c1-19(33)30(29-11-8-23(31)16-22-18-32-15-13-25(22)29)14-12-21-7-9-26-24-5-3-2-4-20(24)6-10-27(26)28(21)17-30/h2-5,7-9,11,13,15-16,18,32H,6,10,12,14,17H2,1H3. The maximum absolute atomic E-state index is 13.5. The number of rotatable bonds is 2. The van der Waals surface area contributed by atoms with E-state index in [1.54, 1.807) is 6.92 Å². The number of allylic oxidation sites excluding steroid dienone is 8. The first kappa shape index (κ1) is 20.5. The van der Waals surface area contributed by atoms with Crippen LogP contribution >= 0.6 is 11.6 Å². The molecule has 0 aromatic heterocycles. The first-order valence-electron chi connectivity index (χ1n) is 11.7. The van der Waals surface area contributed by atoms with Crippen molar-refractivity contribution in [2.45, 2.75) is 39.0 Å². The van der Waals surface area contributed by atoms with E-state index in [0.717, 1.165) is 48.8 Å². The van der Waals surface area contributed by atoms with Crippen LogP contribution in [0.3, 0.4) is 0 Å². The molecular weight excluding hydrogens is 426 g/mol. The number of nitrogens with one attached hydrogen (secondary N) is 1. The van der Waals surface area contributed by atoms with Crippen LogP contribution in [0.2, 0.25) is 0 Å². The molecule has 1 N–H and O–H groups in total. The molecule has 0 saturated heterocycles. The Labute approximate surface area is 200 Å². The molecule has 2 aromatic carbocycles. The van der Waals surface area contributed by atoms with Crippen molar-refractivity contribution in [3.05, 3.63) is 117 Å². The predicted molar refractivity (Wildman–Crippen MR) is 135 cm³/mol. The van der Waals surface area contributed by atoms with Crippen LogP contribution in [0.15, 0.2) is 94.9 Å². The molecule has 3 heteroatoms. The van der Waals surface area contributed by atoms with Crippen LogP contribution in [-0.4, -0.2) is 5.78 Å². The highest BCUT2D eigenvalue weighted by Crippen LogP contribution is 2.49. The third-order valence-corrected chi connectivity index (χ3v) is 8.09. The van der Waals surface area contributed by atoms with Gasteiger partial charge in [0.25, 0.3) is 0 Å². The Balaban J connectivity index is 1.53. The maximum atomic E-state index is 13.5. The number of carbonyl (C=O) groups is 1. The van der Waals surface area contributed by atoms with E-state index >= 15 is 0 Å². The molecule has 164 valence electrons. The summed E-state index contributed by atoms with van der Waals surface area (Å²) in [5.41, 5.74) is 11.0. The van der Waals surface area contributed by atoms with Gasteiger partial charge in [0, 0.05) is 17.4 Å². The lowest BCUT2D eigenvalue weighted by Gasteiger charge is -2.40. The SMILES string of the molecule is CC(=O)C1(C2=C3C=CNC=C3C=C(Cl)C=C2)CCc2ccc3c(c2C1)CCc1ccccc1-3. The van der Waals surface area contributed by atoms with Gasteiger partial charge in [-0.2, -0.15) is 0 Å². The van der Waals surface area contributed by atoms with Gasteiger partial charge < -0.3 is 5.32 Å². The molecule has 1 atom stereocenters. The Morgan fingerprint density at radius 2 is 1.82 bits per heavy atom. The Kier molecular flexibility index (Phi) is 4.81. The fraction of sp³-hybridized carbons (Fsp3) is 0.233. The Morgan fingerprint density at radius 1 is 0.939 bits per heavy atom. The monoisotopic (exact) mass is 451 g/mol. The number of halogens is 1. The van der Waals surface area contributed by atoms with Gasteiger partial charge in [-0.25, -0.2) is 0 Å². The van der Waals surface area contributed by atoms with Gasteiger partial charge in [-0.1, -0.05) is 54.1 Å². The molecule has 0 radical (unpaired) electrons. The average Bonchev–Trinajstić information content (AvgIpc) is 3.01. The number of fused-ring (bicyclic) bond motifs is 6. The number of ketones is 1. The van der Waals surface area contributed by atoms with Crippen LogP contribution in [0, 0.1) is 5.41 Å². The van der Waals surface area contributed by atoms with E-state index in [2.05, 4.69) is 53.9 Å². The van der Waals surface area contributed by atoms with Gasteiger partial charge in [0.05, 0.1) is 5.41 Å². The lowest BCUT2D eigenvalue weighted by Crippen LogP contribution is -2.38. The molecule has 2 nitrogen and oxygen atoms in total. The molecule has 0 amide bonds. The van der Waals surface area contributed by atoms with E-state index in [0.29, 0.717) is 5.03 Å². The summed E-state index contributed by atoms with van der Waals surface area (Å²) >= 11 is 6.46. The third-order valence-electron chi connectivity index (χ3n) is 7.86. The second-order valence-electron chi connectivity index (χ2n) is 9.49. The van der Waals surface area contributed by atoms with Crippen LogP contribution in [-0.2, 0) is 30.5 Å². The van der Waals surface area contributed by atoms with Crippen LogP contribution in [0.25, 0.3) is 11.1 Å². The summed E-state index contributed by atoms with van der Waals surface area (Å²) in [6.45, 7) is 1.77. The highest BCUT2D eigenvalue weighted by molar-refractivity contribution is 6.31. The van der Waals surface area contributed by atoms with E-state index in [-0.39, 0.29) is 5.78 Å². The number of benzene rings is 2. The largest absolute Gasteiger partial charge is 0.367 e. The molecule has 0 saturated carbocycles. The van der Waals surface area contributed by atoms with Crippen LogP contribution in [0.5, 0.6) is 0 Å². The second-order valence-corrected chi connectivity index (χ2v) is 9.93. The zero-order valence-electron chi connectivity index (χ0n) is 18.7. The van der Waals surface area contributed by atoms with Gasteiger partial charge in [-0.3, -0.25) is 4.79 Å². The number of hydrogen-bond acceptors (Lipinski definition) is 2. The van der Waals surface area contributed by atoms with Gasteiger partial charge >= 0.3 is 0 Å². The normalized spacial score (nSPS) is 22.7. The first-order chi connectivity index (χ1) is 16.1. The van der Waals surface area contributed by atoms with Crippen molar-refractivity contribution >= 4 is 17.4 Å². The Hall–Kier alpha value is -3.10. The molecule has 0 bridgehead atoms. The number of carbonyl (C=O) groups excluding carboxylic acids is 1. The van der Waals surface area contributed by atoms with E-state index < -0.39 is 5.41 Å². The molecule has 1 unspecified atom stereocenters. The summed E-state index contributed by atoms with van der Waals surface area (Å²) in [5.74, 6) is 0.235. The molecular formula is C30H26ClNO. The minimum Gasteiger partial charge on any atom is -0.367 e. The zero-order valence-corrected chi connectivity index (χ0v) is 19.5. The first-order valence-corrected chi connectivity index (χ1v) is 12.1. The molecule has 2 aromatic rings. The van der Waals surface area contributed by atoms with Crippen molar-refractivity contribution < 1.29 is 4.79 Å². The van der Waals surface area contributed by atoms with Gasteiger partial charge in [0.2, 0.25) is 0 Å². The predicted octanol–water partition coefficient (Wildman–Crippen LogP) is 6.51. The van der Waals surface area contributed by atoms with E-state index in [1.807, 2.05) is 24.6 Å². The summed E-state index contributed by atoms with van der Waals surface area (Å²) in [7, 11) is 0. The summed E-state index contributed by atoms with van der Waals surface area (Å²) in [6.07, 6.45) is 16.6. The molecule has 1 heterocycles. The highest BCUT2D eigenvalue weighted by Gasteiger charge is 2.44. The topological polar surface area (TPSA) is 29.1 Å². The smallest absolute Gasteiger partial charge is 0.140 e. The number of aryl methyl sites for hydroxylation is 2. The minimum absolute atomic E-state index is 0.235. The van der Waals surface area contributed by atoms with E-state index in [9.17, 15) is 4.79 Å². The number of dihydropyridines is 1. The summed E-state index contributed by atoms with van der Waals surface area (Å²) in [5, 5.41) is 3.85. The lowest BCUT2D eigenvalue weighted by atomic mass is 9.62. The van der Waals surface area contributed by atoms with Crippen molar-refractivity contribution in [2.75, 3.05) is 0 Å². The quantitative estimate of drug-likeness (QED) is 0.564. The van der Waals surface area contributed by atoms with Crippen molar-refractivity contribution in [1.29, 1.82) is 0 Å². The van der Waals surface area contributed by atoms with Crippen molar-refractivity contribution in [3.8, 4) is 11.1 Å². The number of Topliss-reactive ketones (excluding diaryl/α,β-unsaturated/α-hetero) is 1. The second kappa shape index (κ2) is 7.74. The van der Waals surface area contributed by atoms with Gasteiger partial charge in [0.1, 0.15) is 5.78 Å². The fourth-order valence-electron chi connectivity index (χ4n) is 6.13. The van der Waals surface area contributed by atoms with Crippen molar-refractivity contribution in [1.82, 2.24) is 5.32 Å². The maximum Gasteiger partial charge on any atom is 0.140 e. The van der Waals surface area contributed by atoms with Gasteiger partial charge in [-0.05, 0) is 107 Å². The lowest BCUT2D eigenvalue weighted by molar-refractivity contribution is -0.125. The minimum atomic E-state index is -0.555. The molecule has 3 aliphatic carbocycles. The van der Waals surface area contributed by atoms with E-state index in [4.69, 9.17) is 11.6 Å². The van der Waals surface area contributed by atoms with Crippen LogP contribution in [0.1, 0.15) is 35.6 Å². The van der Waals surface area contributed by atoms with E-state index in [1.165, 1.54) is 33.4 Å². The number of hydrogen-bond donors (Lipinski definition) is 1.